The van der Waals surface area contributed by atoms with Gasteiger partial charge in [-0.05, 0) is 55.7 Å². The lowest BCUT2D eigenvalue weighted by molar-refractivity contribution is 0.262. The third-order valence-electron chi connectivity index (χ3n) is 3.63. The van der Waals surface area contributed by atoms with Gasteiger partial charge in [-0.1, -0.05) is 24.3 Å². The minimum Gasteiger partial charge on any atom is -0.484 e. The van der Waals surface area contributed by atoms with Crippen molar-refractivity contribution in [1.82, 2.24) is 10.2 Å². The van der Waals surface area contributed by atoms with Crippen LogP contribution in [0.15, 0.2) is 46.9 Å². The van der Waals surface area contributed by atoms with Gasteiger partial charge in [-0.25, -0.2) is 0 Å². The summed E-state index contributed by atoms with van der Waals surface area (Å²) in [7, 11) is 0. The van der Waals surface area contributed by atoms with E-state index in [4.69, 9.17) is 9.15 Å². The molecule has 1 heterocycles. The quantitative estimate of drug-likeness (QED) is 0.722. The number of aromatic nitrogens is 2. The molecule has 0 atom stereocenters. The molecule has 0 aliphatic heterocycles. The molecule has 2 aromatic carbocycles. The molecular weight excluding hydrogens is 276 g/mol. The molecule has 0 aliphatic rings. The molecule has 0 unspecified atom stereocenters. The van der Waals surface area contributed by atoms with Crippen LogP contribution in [0.4, 0.5) is 0 Å². The first-order valence-electron chi connectivity index (χ1n) is 7.22. The van der Waals surface area contributed by atoms with Crippen LogP contribution in [0.5, 0.6) is 5.75 Å². The Hall–Kier alpha value is -2.62. The van der Waals surface area contributed by atoms with Gasteiger partial charge in [0.05, 0.1) is 0 Å². The van der Waals surface area contributed by atoms with Crippen molar-refractivity contribution in [2.24, 2.45) is 0 Å². The highest BCUT2D eigenvalue weighted by molar-refractivity contribution is 5.51. The lowest BCUT2D eigenvalue weighted by Crippen LogP contribution is -1.98. The van der Waals surface area contributed by atoms with Crippen molar-refractivity contribution >= 4 is 0 Å². The Morgan fingerprint density at radius 2 is 1.64 bits per heavy atom. The largest absolute Gasteiger partial charge is 0.484 e. The van der Waals surface area contributed by atoms with E-state index in [2.05, 4.69) is 30.1 Å². The van der Waals surface area contributed by atoms with Crippen molar-refractivity contribution < 1.29 is 9.15 Å². The number of ether oxygens (including phenoxy) is 1. The first-order valence-corrected chi connectivity index (χ1v) is 7.22. The molecule has 3 rings (SSSR count). The monoisotopic (exact) mass is 294 g/mol. The number of hydrogen-bond acceptors (Lipinski definition) is 4. The highest BCUT2D eigenvalue weighted by atomic mass is 16.5. The van der Waals surface area contributed by atoms with Crippen LogP contribution in [-0.4, -0.2) is 10.2 Å². The summed E-state index contributed by atoms with van der Waals surface area (Å²) < 4.78 is 11.4. The van der Waals surface area contributed by atoms with E-state index in [-0.39, 0.29) is 6.61 Å². The average Bonchev–Trinajstić information content (AvgIpc) is 2.99. The third kappa shape index (κ3) is 3.01. The Labute approximate surface area is 129 Å². The van der Waals surface area contributed by atoms with Crippen LogP contribution in [0.3, 0.4) is 0 Å². The van der Waals surface area contributed by atoms with E-state index < -0.39 is 0 Å². The van der Waals surface area contributed by atoms with Gasteiger partial charge in [0.15, 0.2) is 6.61 Å². The summed E-state index contributed by atoms with van der Waals surface area (Å²) in [5, 5.41) is 8.09. The van der Waals surface area contributed by atoms with E-state index in [0.29, 0.717) is 11.8 Å². The van der Waals surface area contributed by atoms with E-state index in [1.54, 1.807) is 0 Å². The molecule has 4 heteroatoms. The molecule has 4 nitrogen and oxygen atoms in total. The number of benzene rings is 2. The van der Waals surface area contributed by atoms with Crippen molar-refractivity contribution in [3.05, 3.63) is 65.0 Å². The standard InChI is InChI=1S/C18H18N2O2/c1-12-9-14(3)16(10-13(12)2)21-11-17-19-20-18(22-17)15-7-5-4-6-8-15/h4-10H,11H2,1-3H3. The Kier molecular flexibility index (Phi) is 3.92. The summed E-state index contributed by atoms with van der Waals surface area (Å²) in [6.07, 6.45) is 0. The molecule has 0 saturated carbocycles. The van der Waals surface area contributed by atoms with Gasteiger partial charge in [-0.2, -0.15) is 0 Å². The Balaban J connectivity index is 1.73. The van der Waals surface area contributed by atoms with Gasteiger partial charge in [0.2, 0.25) is 5.89 Å². The van der Waals surface area contributed by atoms with Gasteiger partial charge in [0, 0.05) is 5.56 Å². The summed E-state index contributed by atoms with van der Waals surface area (Å²) in [5.74, 6) is 1.83. The van der Waals surface area contributed by atoms with Crippen LogP contribution in [0.25, 0.3) is 11.5 Å². The lowest BCUT2D eigenvalue weighted by atomic mass is 10.1. The van der Waals surface area contributed by atoms with Crippen molar-refractivity contribution in [2.75, 3.05) is 0 Å². The van der Waals surface area contributed by atoms with Gasteiger partial charge >= 0.3 is 0 Å². The van der Waals surface area contributed by atoms with Crippen LogP contribution in [0.1, 0.15) is 22.6 Å². The smallest absolute Gasteiger partial charge is 0.254 e. The van der Waals surface area contributed by atoms with Crippen molar-refractivity contribution in [3.63, 3.8) is 0 Å². The van der Waals surface area contributed by atoms with E-state index in [1.165, 1.54) is 11.1 Å². The van der Waals surface area contributed by atoms with Gasteiger partial charge in [-0.15, -0.1) is 10.2 Å². The van der Waals surface area contributed by atoms with Crippen LogP contribution >= 0.6 is 0 Å². The molecule has 0 N–H and O–H groups in total. The van der Waals surface area contributed by atoms with Crippen LogP contribution in [0.2, 0.25) is 0 Å². The molecule has 0 saturated heterocycles. The van der Waals surface area contributed by atoms with Crippen LogP contribution in [0, 0.1) is 20.8 Å². The Bertz CT molecular complexity index is 779. The zero-order valence-corrected chi connectivity index (χ0v) is 13.0. The minimum atomic E-state index is 0.267. The molecule has 0 fully saturated rings. The first-order chi connectivity index (χ1) is 10.6. The lowest BCUT2D eigenvalue weighted by Gasteiger charge is -2.10. The zero-order valence-electron chi connectivity index (χ0n) is 13.0. The fraction of sp³-hybridized carbons (Fsp3) is 0.222. The predicted octanol–water partition coefficient (Wildman–Crippen LogP) is 4.24. The maximum Gasteiger partial charge on any atom is 0.254 e. The number of hydrogen-bond donors (Lipinski definition) is 0. The summed E-state index contributed by atoms with van der Waals surface area (Å²) in [5.41, 5.74) is 4.47. The Morgan fingerprint density at radius 3 is 2.41 bits per heavy atom. The molecule has 0 aliphatic carbocycles. The van der Waals surface area contributed by atoms with E-state index in [0.717, 1.165) is 16.9 Å². The number of aryl methyl sites for hydroxylation is 3. The molecule has 22 heavy (non-hydrogen) atoms. The summed E-state index contributed by atoms with van der Waals surface area (Å²) >= 11 is 0. The fourth-order valence-corrected chi connectivity index (χ4v) is 2.24. The maximum absolute atomic E-state index is 5.81. The topological polar surface area (TPSA) is 48.2 Å². The molecule has 112 valence electrons. The predicted molar refractivity (Wildman–Crippen MR) is 84.7 cm³/mol. The molecule has 3 aromatic rings. The highest BCUT2D eigenvalue weighted by Crippen LogP contribution is 2.24. The first kappa shape index (κ1) is 14.3. The van der Waals surface area contributed by atoms with E-state index in [1.807, 2.05) is 43.3 Å². The molecule has 1 aromatic heterocycles. The zero-order chi connectivity index (χ0) is 15.5. The second kappa shape index (κ2) is 6.02. The second-order valence-corrected chi connectivity index (χ2v) is 5.36. The van der Waals surface area contributed by atoms with Gasteiger partial charge in [0.25, 0.3) is 5.89 Å². The minimum absolute atomic E-state index is 0.267. The fourth-order valence-electron chi connectivity index (χ4n) is 2.24. The molecule has 0 amide bonds. The Morgan fingerprint density at radius 1 is 0.909 bits per heavy atom. The highest BCUT2D eigenvalue weighted by Gasteiger charge is 2.10. The molecule has 0 radical (unpaired) electrons. The van der Waals surface area contributed by atoms with Gasteiger partial charge < -0.3 is 9.15 Å². The third-order valence-corrected chi connectivity index (χ3v) is 3.63. The second-order valence-electron chi connectivity index (χ2n) is 5.36. The van der Waals surface area contributed by atoms with Crippen molar-refractivity contribution in [1.29, 1.82) is 0 Å². The summed E-state index contributed by atoms with van der Waals surface area (Å²) in [6.45, 7) is 6.46. The normalized spacial score (nSPS) is 10.7. The van der Waals surface area contributed by atoms with E-state index >= 15 is 0 Å². The number of nitrogens with zero attached hydrogens (tertiary/aromatic N) is 2. The van der Waals surface area contributed by atoms with Gasteiger partial charge in [0.1, 0.15) is 5.75 Å². The summed E-state index contributed by atoms with van der Waals surface area (Å²) in [4.78, 5) is 0. The number of rotatable bonds is 4. The van der Waals surface area contributed by atoms with E-state index in [9.17, 15) is 0 Å². The van der Waals surface area contributed by atoms with Crippen molar-refractivity contribution in [2.45, 2.75) is 27.4 Å². The van der Waals surface area contributed by atoms with Crippen LogP contribution < -0.4 is 4.74 Å². The molecular formula is C18H18N2O2. The summed E-state index contributed by atoms with van der Waals surface area (Å²) in [6, 6.07) is 13.9. The molecule has 0 spiro atoms. The molecule has 0 bridgehead atoms. The van der Waals surface area contributed by atoms with Gasteiger partial charge in [-0.3, -0.25) is 0 Å². The van der Waals surface area contributed by atoms with Crippen molar-refractivity contribution in [3.8, 4) is 17.2 Å². The SMILES string of the molecule is Cc1cc(C)c(OCc2nnc(-c3ccccc3)o2)cc1C. The average molecular weight is 294 g/mol. The maximum atomic E-state index is 5.81. The van der Waals surface area contributed by atoms with Crippen LogP contribution in [-0.2, 0) is 6.61 Å².